The van der Waals surface area contributed by atoms with Gasteiger partial charge >= 0.3 is 5.97 Å². The maximum atomic E-state index is 13.6. The van der Waals surface area contributed by atoms with E-state index in [4.69, 9.17) is 5.11 Å². The van der Waals surface area contributed by atoms with Crippen LogP contribution in [0.4, 0.5) is 8.78 Å². The lowest BCUT2D eigenvalue weighted by Gasteiger charge is -2.33. The van der Waals surface area contributed by atoms with Crippen LogP contribution >= 0.6 is 0 Å². The highest BCUT2D eigenvalue weighted by Gasteiger charge is 2.31. The number of carbonyl (C=O) groups is 1. The zero-order chi connectivity index (χ0) is 15.6. The molecule has 21 heavy (non-hydrogen) atoms. The molecule has 0 atom stereocenters. The molecule has 9 heteroatoms. The maximum Gasteiger partial charge on any atom is 0.317 e. The predicted octanol–water partition coefficient (Wildman–Crippen LogP) is 0.356. The predicted molar refractivity (Wildman–Crippen MR) is 69.2 cm³/mol. The third-order valence-electron chi connectivity index (χ3n) is 3.20. The van der Waals surface area contributed by atoms with Crippen LogP contribution < -0.4 is 0 Å². The highest BCUT2D eigenvalue weighted by Crippen LogP contribution is 2.21. The molecule has 1 aromatic carbocycles. The van der Waals surface area contributed by atoms with Gasteiger partial charge in [-0.25, -0.2) is 17.2 Å². The number of sulfonamides is 1. The molecule has 0 saturated carbocycles. The first-order valence-corrected chi connectivity index (χ1v) is 7.64. The largest absolute Gasteiger partial charge is 0.480 e. The van der Waals surface area contributed by atoms with Gasteiger partial charge in [0.1, 0.15) is 16.5 Å². The number of hydrogen-bond acceptors (Lipinski definition) is 4. The Morgan fingerprint density at radius 3 is 2.38 bits per heavy atom. The Hall–Kier alpha value is -1.58. The number of rotatable bonds is 4. The number of nitrogens with zero attached hydrogens (tertiary/aromatic N) is 2. The van der Waals surface area contributed by atoms with Crippen molar-refractivity contribution < 1.29 is 27.1 Å². The number of benzene rings is 1. The monoisotopic (exact) mass is 320 g/mol. The van der Waals surface area contributed by atoms with Crippen molar-refractivity contribution in [3.8, 4) is 0 Å². The molecular formula is C12H14F2N2O4S. The average molecular weight is 320 g/mol. The van der Waals surface area contributed by atoms with Gasteiger partial charge in [-0.15, -0.1) is 0 Å². The van der Waals surface area contributed by atoms with Crippen molar-refractivity contribution in [3.63, 3.8) is 0 Å². The first kappa shape index (κ1) is 15.8. The van der Waals surface area contributed by atoms with Crippen molar-refractivity contribution in [2.45, 2.75) is 4.90 Å². The first-order valence-electron chi connectivity index (χ1n) is 6.20. The van der Waals surface area contributed by atoms with Crippen molar-refractivity contribution in [1.82, 2.24) is 9.21 Å². The van der Waals surface area contributed by atoms with E-state index in [-0.39, 0.29) is 32.7 Å². The number of hydrogen-bond donors (Lipinski definition) is 1. The van der Waals surface area contributed by atoms with E-state index in [1.807, 2.05) is 0 Å². The molecule has 0 aliphatic carbocycles. The lowest BCUT2D eigenvalue weighted by Crippen LogP contribution is -2.49. The molecule has 6 nitrogen and oxygen atoms in total. The van der Waals surface area contributed by atoms with Crippen molar-refractivity contribution in [3.05, 3.63) is 29.8 Å². The number of carboxylic acids is 1. The van der Waals surface area contributed by atoms with Crippen LogP contribution in [0.5, 0.6) is 0 Å². The Kier molecular flexibility index (Phi) is 4.55. The zero-order valence-corrected chi connectivity index (χ0v) is 11.8. The van der Waals surface area contributed by atoms with Crippen molar-refractivity contribution >= 4 is 16.0 Å². The van der Waals surface area contributed by atoms with Crippen LogP contribution in [-0.2, 0) is 14.8 Å². The fourth-order valence-corrected chi connectivity index (χ4v) is 3.63. The van der Waals surface area contributed by atoms with E-state index >= 15 is 0 Å². The Morgan fingerprint density at radius 2 is 1.81 bits per heavy atom. The molecule has 2 rings (SSSR count). The van der Waals surface area contributed by atoms with Crippen LogP contribution in [0, 0.1) is 11.6 Å². The van der Waals surface area contributed by atoms with Crippen LogP contribution in [0.1, 0.15) is 0 Å². The Balaban J connectivity index is 2.15. The number of piperazine rings is 1. The molecule has 1 saturated heterocycles. The molecule has 0 amide bonds. The molecule has 1 heterocycles. The van der Waals surface area contributed by atoms with Gasteiger partial charge in [-0.05, 0) is 18.2 Å². The lowest BCUT2D eigenvalue weighted by molar-refractivity contribution is -0.138. The first-order chi connectivity index (χ1) is 9.80. The van der Waals surface area contributed by atoms with E-state index in [2.05, 4.69) is 0 Å². The summed E-state index contributed by atoms with van der Waals surface area (Å²) in [5.41, 5.74) is 0. The van der Waals surface area contributed by atoms with Gasteiger partial charge in [0.05, 0.1) is 6.54 Å². The number of aliphatic carboxylic acids is 1. The molecule has 0 aromatic heterocycles. The summed E-state index contributed by atoms with van der Waals surface area (Å²) < 4.78 is 52.3. The van der Waals surface area contributed by atoms with E-state index < -0.39 is 32.5 Å². The quantitative estimate of drug-likeness (QED) is 0.866. The molecule has 1 aliphatic heterocycles. The second-order valence-corrected chi connectivity index (χ2v) is 6.56. The molecule has 116 valence electrons. The summed E-state index contributed by atoms with van der Waals surface area (Å²) in [5.74, 6) is -2.84. The van der Waals surface area contributed by atoms with Gasteiger partial charge in [0.15, 0.2) is 0 Å². The normalized spacial score (nSPS) is 17.8. The van der Waals surface area contributed by atoms with Gasteiger partial charge in [-0.2, -0.15) is 4.31 Å². The lowest BCUT2D eigenvalue weighted by atomic mass is 10.3. The molecular weight excluding hydrogens is 306 g/mol. The molecule has 1 aliphatic rings. The minimum atomic E-state index is -4.12. The van der Waals surface area contributed by atoms with E-state index in [1.165, 1.54) is 0 Å². The van der Waals surface area contributed by atoms with Crippen LogP contribution in [0.25, 0.3) is 0 Å². The van der Waals surface area contributed by atoms with Gasteiger partial charge in [0.2, 0.25) is 10.0 Å². The minimum absolute atomic E-state index is 0.0333. The van der Waals surface area contributed by atoms with Crippen molar-refractivity contribution in [2.24, 2.45) is 0 Å². The summed E-state index contributed by atoms with van der Waals surface area (Å²) >= 11 is 0. The maximum absolute atomic E-state index is 13.6. The number of carboxylic acid groups (broad SMARTS) is 1. The molecule has 1 fully saturated rings. The van der Waals surface area contributed by atoms with Crippen molar-refractivity contribution in [1.29, 1.82) is 0 Å². The number of halogens is 2. The van der Waals surface area contributed by atoms with E-state index in [1.54, 1.807) is 4.90 Å². The second kappa shape index (κ2) is 6.04. The van der Waals surface area contributed by atoms with E-state index in [0.29, 0.717) is 6.07 Å². The van der Waals surface area contributed by atoms with E-state index in [9.17, 15) is 22.0 Å². The summed E-state index contributed by atoms with van der Waals surface area (Å²) in [4.78, 5) is 11.5. The Bertz CT molecular complexity index is 643. The third kappa shape index (κ3) is 3.55. The standard InChI is InChI=1S/C12H14F2N2O4S/c13-9-1-2-10(14)11(7-9)21(19,20)16-5-3-15(4-6-16)8-12(17)18/h1-2,7H,3-6,8H2,(H,17,18). The van der Waals surface area contributed by atoms with Gasteiger partial charge in [0.25, 0.3) is 0 Å². The molecule has 1 aromatic rings. The Morgan fingerprint density at radius 1 is 1.19 bits per heavy atom. The van der Waals surface area contributed by atoms with Gasteiger partial charge in [-0.1, -0.05) is 0 Å². The smallest absolute Gasteiger partial charge is 0.317 e. The molecule has 0 bridgehead atoms. The molecule has 0 unspecified atom stereocenters. The Labute approximate surface area is 120 Å². The summed E-state index contributed by atoms with van der Waals surface area (Å²) in [6.07, 6.45) is 0. The van der Waals surface area contributed by atoms with Gasteiger partial charge < -0.3 is 5.11 Å². The summed E-state index contributed by atoms with van der Waals surface area (Å²) in [7, 11) is -4.12. The molecule has 1 N–H and O–H groups in total. The van der Waals surface area contributed by atoms with Crippen LogP contribution in [-0.4, -0.2) is 61.4 Å². The minimum Gasteiger partial charge on any atom is -0.480 e. The fourth-order valence-electron chi connectivity index (χ4n) is 2.13. The van der Waals surface area contributed by atoms with Crippen LogP contribution in [0.3, 0.4) is 0 Å². The highest BCUT2D eigenvalue weighted by molar-refractivity contribution is 7.89. The summed E-state index contributed by atoms with van der Waals surface area (Å²) in [5, 5.41) is 8.67. The van der Waals surface area contributed by atoms with Crippen LogP contribution in [0.2, 0.25) is 0 Å². The molecule has 0 spiro atoms. The van der Waals surface area contributed by atoms with E-state index in [0.717, 1.165) is 16.4 Å². The SMILES string of the molecule is O=C(O)CN1CCN(S(=O)(=O)c2cc(F)ccc2F)CC1. The summed E-state index contributed by atoms with van der Waals surface area (Å²) in [6.45, 7) is 0.338. The molecule has 0 radical (unpaired) electrons. The van der Waals surface area contributed by atoms with Crippen LogP contribution in [0.15, 0.2) is 23.1 Å². The van der Waals surface area contributed by atoms with Gasteiger partial charge in [0, 0.05) is 26.2 Å². The fraction of sp³-hybridized carbons (Fsp3) is 0.417. The summed E-state index contributed by atoms with van der Waals surface area (Å²) in [6, 6.07) is 2.26. The highest BCUT2D eigenvalue weighted by atomic mass is 32.2. The zero-order valence-electron chi connectivity index (χ0n) is 11.0. The topological polar surface area (TPSA) is 77.9 Å². The van der Waals surface area contributed by atoms with Crippen molar-refractivity contribution in [2.75, 3.05) is 32.7 Å². The average Bonchev–Trinajstić information content (AvgIpc) is 2.41. The van der Waals surface area contributed by atoms with Gasteiger partial charge in [-0.3, -0.25) is 9.69 Å². The third-order valence-corrected chi connectivity index (χ3v) is 5.11. The second-order valence-electron chi connectivity index (χ2n) is 4.65.